The topological polar surface area (TPSA) is 55.8 Å². The molecule has 8 rings (SSSR count). The summed E-state index contributed by atoms with van der Waals surface area (Å²) in [6.07, 6.45) is 6.85. The second-order valence-corrected chi connectivity index (χ2v) is 13.0. The van der Waals surface area contributed by atoms with Crippen molar-refractivity contribution in [2.75, 3.05) is 31.5 Å². The van der Waals surface area contributed by atoms with Crippen LogP contribution in [0.15, 0.2) is 78.9 Å². The van der Waals surface area contributed by atoms with E-state index in [1.807, 2.05) is 36.4 Å². The molecule has 2 N–H and O–H groups in total. The Morgan fingerprint density at radius 1 is 1.00 bits per heavy atom. The number of para-hydroxylation sites is 1. The highest BCUT2D eigenvalue weighted by Gasteiger charge is 2.76. The van der Waals surface area contributed by atoms with Gasteiger partial charge in [-0.25, -0.2) is 0 Å². The number of amides is 1. The highest BCUT2D eigenvalue weighted by molar-refractivity contribution is 5.94. The molecule has 6 atom stereocenters. The third-order valence-electron chi connectivity index (χ3n) is 11.6. The fourth-order valence-electron chi connectivity index (χ4n) is 10.4. The Labute approximate surface area is 237 Å². The molecule has 5 heteroatoms. The summed E-state index contributed by atoms with van der Waals surface area (Å²) in [5, 5.41) is 14.3. The quantitative estimate of drug-likeness (QED) is 0.399. The first kappa shape index (κ1) is 24.5. The van der Waals surface area contributed by atoms with E-state index in [0.717, 1.165) is 57.4 Å². The first-order valence-electron chi connectivity index (χ1n) is 15.3. The van der Waals surface area contributed by atoms with Crippen LogP contribution in [0.2, 0.25) is 0 Å². The largest absolute Gasteiger partial charge is 0.508 e. The van der Waals surface area contributed by atoms with E-state index in [1.54, 1.807) is 0 Å². The number of phenols is 1. The van der Waals surface area contributed by atoms with Gasteiger partial charge in [-0.05, 0) is 110 Å². The third-order valence-corrected chi connectivity index (χ3v) is 11.6. The molecule has 206 valence electrons. The number of fused-ring (bicyclic) bond motifs is 1. The molecule has 2 saturated carbocycles. The van der Waals surface area contributed by atoms with Crippen LogP contribution in [0, 0.1) is 17.3 Å². The van der Waals surface area contributed by atoms with Crippen molar-refractivity contribution >= 4 is 11.6 Å². The van der Waals surface area contributed by atoms with E-state index in [-0.39, 0.29) is 16.7 Å². The predicted octanol–water partition coefficient (Wildman–Crippen LogP) is 5.70. The van der Waals surface area contributed by atoms with E-state index in [1.165, 1.54) is 29.7 Å². The Hall–Kier alpha value is -3.31. The van der Waals surface area contributed by atoms with Gasteiger partial charge in [0.1, 0.15) is 5.75 Å². The zero-order valence-electron chi connectivity index (χ0n) is 23.1. The highest BCUT2D eigenvalue weighted by Crippen LogP contribution is 2.75. The summed E-state index contributed by atoms with van der Waals surface area (Å²) >= 11 is 0. The average Bonchev–Trinajstić information content (AvgIpc) is 3.44. The Bertz CT molecular complexity index is 1430. The maximum absolute atomic E-state index is 13.8. The lowest BCUT2D eigenvalue weighted by molar-refractivity contribution is -0.101. The van der Waals surface area contributed by atoms with E-state index in [2.05, 4.69) is 57.6 Å². The Morgan fingerprint density at radius 2 is 1.80 bits per heavy atom. The summed E-state index contributed by atoms with van der Waals surface area (Å²) in [5.41, 5.74) is 5.16. The molecule has 0 radical (unpaired) electrons. The van der Waals surface area contributed by atoms with E-state index in [9.17, 15) is 9.90 Å². The van der Waals surface area contributed by atoms with Crippen molar-refractivity contribution < 1.29 is 9.90 Å². The summed E-state index contributed by atoms with van der Waals surface area (Å²) < 4.78 is 0. The number of rotatable bonds is 6. The number of hydrogen-bond donors (Lipinski definition) is 2. The molecule has 2 saturated heterocycles. The van der Waals surface area contributed by atoms with Crippen molar-refractivity contribution in [2.45, 2.75) is 56.0 Å². The van der Waals surface area contributed by atoms with Crippen LogP contribution < -0.4 is 5.32 Å². The molecular weight excluding hydrogens is 494 g/mol. The molecule has 5 nitrogen and oxygen atoms in total. The van der Waals surface area contributed by atoms with E-state index < -0.39 is 0 Å². The van der Waals surface area contributed by atoms with Crippen LogP contribution in [-0.4, -0.2) is 59.1 Å². The SMILES string of the molecule is O=C(c1ccccc1)N1C[C@H]2C[C@@]34CC[C@@H]1[C@@H]2[C@@]31CCN(CCCNc2ccccc2)[C@@H]4Cc2ccc(O)cc21. The van der Waals surface area contributed by atoms with Crippen molar-refractivity contribution in [3.8, 4) is 5.75 Å². The van der Waals surface area contributed by atoms with E-state index in [4.69, 9.17) is 0 Å². The molecule has 3 aliphatic carbocycles. The van der Waals surface area contributed by atoms with Crippen LogP contribution in [-0.2, 0) is 11.8 Å². The van der Waals surface area contributed by atoms with Gasteiger partial charge in [-0.2, -0.15) is 0 Å². The number of anilines is 1. The number of benzene rings is 3. The molecule has 5 aliphatic rings. The summed E-state index contributed by atoms with van der Waals surface area (Å²) in [6, 6.07) is 27.5. The number of aromatic hydroxyl groups is 1. The number of carbonyl (C=O) groups excluding carboxylic acids is 1. The van der Waals surface area contributed by atoms with Crippen LogP contribution in [0.4, 0.5) is 5.69 Å². The molecule has 2 aliphatic heterocycles. The number of nitrogens with zero attached hydrogens (tertiary/aromatic N) is 2. The lowest BCUT2D eigenvalue weighted by atomic mass is 9.43. The average molecular weight is 534 g/mol. The summed E-state index contributed by atoms with van der Waals surface area (Å²) in [4.78, 5) is 18.8. The Balaban J connectivity index is 1.11. The monoisotopic (exact) mass is 533 g/mol. The minimum Gasteiger partial charge on any atom is -0.508 e. The molecule has 0 aromatic heterocycles. The standard InChI is InChI=1S/C35H39N3O2/c39-28-13-12-25-20-31-34-15-14-30-32(26(22-34)23-38(30)33(40)24-8-3-1-4-9-24)35(34,29(25)21-28)16-19-37(31)18-7-17-36-27-10-5-2-6-11-27/h1-6,8-13,21,26,30-32,36,39H,7,14-20,22-23H2/t26-,30-,31-,32-,34-,35+/m1/s1. The number of hydrogen-bond acceptors (Lipinski definition) is 4. The molecular formula is C35H39N3O2. The van der Waals surface area contributed by atoms with Gasteiger partial charge in [0, 0.05) is 48.4 Å². The van der Waals surface area contributed by atoms with Gasteiger partial charge in [-0.15, -0.1) is 0 Å². The minimum atomic E-state index is 0.0576. The summed E-state index contributed by atoms with van der Waals surface area (Å²) in [6.45, 7) is 4.09. The molecule has 40 heavy (non-hydrogen) atoms. The van der Waals surface area contributed by atoms with Crippen molar-refractivity contribution in [3.05, 3.63) is 95.6 Å². The van der Waals surface area contributed by atoms with Gasteiger partial charge in [0.25, 0.3) is 5.91 Å². The Kier molecular flexibility index (Phi) is 5.57. The highest BCUT2D eigenvalue weighted by atomic mass is 16.3. The molecule has 2 heterocycles. The van der Waals surface area contributed by atoms with Crippen LogP contribution >= 0.6 is 0 Å². The van der Waals surface area contributed by atoms with Crippen molar-refractivity contribution in [1.29, 1.82) is 0 Å². The molecule has 1 amide bonds. The number of likely N-dealkylation sites (tertiary alicyclic amines) is 2. The van der Waals surface area contributed by atoms with Gasteiger partial charge in [-0.1, -0.05) is 42.5 Å². The summed E-state index contributed by atoms with van der Waals surface area (Å²) in [7, 11) is 0. The molecule has 0 spiro atoms. The van der Waals surface area contributed by atoms with E-state index >= 15 is 0 Å². The first-order chi connectivity index (χ1) is 19.6. The molecule has 4 fully saturated rings. The smallest absolute Gasteiger partial charge is 0.254 e. The zero-order valence-corrected chi connectivity index (χ0v) is 23.1. The number of carbonyl (C=O) groups is 1. The van der Waals surface area contributed by atoms with Crippen molar-refractivity contribution in [2.24, 2.45) is 17.3 Å². The normalized spacial score (nSPS) is 33.4. The second kappa shape index (κ2) is 9.10. The fraction of sp³-hybridized carbons (Fsp3) is 0.457. The first-order valence-corrected chi connectivity index (χ1v) is 15.3. The van der Waals surface area contributed by atoms with Gasteiger partial charge < -0.3 is 15.3 Å². The molecule has 0 unspecified atom stereocenters. The lowest BCUT2D eigenvalue weighted by Crippen LogP contribution is -2.69. The maximum atomic E-state index is 13.8. The van der Waals surface area contributed by atoms with Crippen LogP contribution in [0.5, 0.6) is 5.75 Å². The van der Waals surface area contributed by atoms with Gasteiger partial charge in [0.15, 0.2) is 0 Å². The van der Waals surface area contributed by atoms with Crippen LogP contribution in [0.1, 0.15) is 53.6 Å². The van der Waals surface area contributed by atoms with E-state index in [0.29, 0.717) is 29.7 Å². The number of phenolic OH excluding ortho intramolecular Hbond substituents is 1. The van der Waals surface area contributed by atoms with Gasteiger partial charge >= 0.3 is 0 Å². The van der Waals surface area contributed by atoms with Crippen molar-refractivity contribution in [3.63, 3.8) is 0 Å². The molecule has 3 aromatic rings. The zero-order chi connectivity index (χ0) is 26.9. The third kappa shape index (κ3) is 3.33. The number of nitrogens with one attached hydrogen (secondary N) is 1. The van der Waals surface area contributed by atoms with Crippen LogP contribution in [0.25, 0.3) is 0 Å². The molecule has 3 aromatic carbocycles. The van der Waals surface area contributed by atoms with Gasteiger partial charge in [-0.3, -0.25) is 9.69 Å². The molecule has 4 bridgehead atoms. The lowest BCUT2D eigenvalue weighted by Gasteiger charge is -2.66. The second-order valence-electron chi connectivity index (χ2n) is 13.0. The Morgan fingerprint density at radius 3 is 2.62 bits per heavy atom. The fourth-order valence-corrected chi connectivity index (χ4v) is 10.4. The maximum Gasteiger partial charge on any atom is 0.254 e. The summed E-state index contributed by atoms with van der Waals surface area (Å²) in [5.74, 6) is 1.62. The number of piperidine rings is 1. The van der Waals surface area contributed by atoms with Crippen LogP contribution in [0.3, 0.4) is 0 Å². The van der Waals surface area contributed by atoms with Gasteiger partial charge in [0.2, 0.25) is 0 Å². The van der Waals surface area contributed by atoms with Gasteiger partial charge in [0.05, 0.1) is 0 Å². The predicted molar refractivity (Wildman–Crippen MR) is 158 cm³/mol. The van der Waals surface area contributed by atoms with Crippen molar-refractivity contribution in [1.82, 2.24) is 9.80 Å². The minimum absolute atomic E-state index is 0.0576.